The summed E-state index contributed by atoms with van der Waals surface area (Å²) >= 11 is 0. The molecule has 0 saturated carbocycles. The highest BCUT2D eigenvalue weighted by molar-refractivity contribution is 6.88. The van der Waals surface area contributed by atoms with Crippen LogP contribution in [0.15, 0.2) is 29.3 Å². The number of rotatable bonds is 3. The second kappa shape index (κ2) is 4.95. The number of aliphatic imine (C=N–C) groups is 1. The second-order valence-corrected chi connectivity index (χ2v) is 9.63. The van der Waals surface area contributed by atoms with E-state index >= 15 is 0 Å². The third-order valence-electron chi connectivity index (χ3n) is 2.18. The van der Waals surface area contributed by atoms with Crippen molar-refractivity contribution >= 4 is 19.5 Å². The van der Waals surface area contributed by atoms with Gasteiger partial charge in [0.1, 0.15) is 0 Å². The van der Waals surface area contributed by atoms with Gasteiger partial charge < -0.3 is 0 Å². The van der Waals surface area contributed by atoms with Crippen LogP contribution in [0.4, 0.5) is 0 Å². The summed E-state index contributed by atoms with van der Waals surface area (Å²) in [6.07, 6.45) is 6.99. The van der Waals surface area contributed by atoms with Gasteiger partial charge in [0, 0.05) is 6.21 Å². The summed E-state index contributed by atoms with van der Waals surface area (Å²) in [5, 5.41) is 1.45. The SMILES string of the molecule is C#CCN=Cc1cccc([Si](C)(C)C)c1. The predicted molar refractivity (Wildman–Crippen MR) is 70.7 cm³/mol. The Morgan fingerprint density at radius 1 is 1.40 bits per heavy atom. The molecule has 2 heteroatoms. The molecule has 78 valence electrons. The van der Waals surface area contributed by atoms with Gasteiger partial charge in [-0.3, -0.25) is 4.99 Å². The first kappa shape index (κ1) is 11.7. The zero-order valence-electron chi connectivity index (χ0n) is 9.62. The molecule has 0 aromatic heterocycles. The third-order valence-corrected chi connectivity index (χ3v) is 4.22. The molecule has 0 aliphatic carbocycles. The van der Waals surface area contributed by atoms with E-state index in [-0.39, 0.29) is 0 Å². The van der Waals surface area contributed by atoms with Gasteiger partial charge in [-0.15, -0.1) is 6.42 Å². The minimum absolute atomic E-state index is 0.456. The van der Waals surface area contributed by atoms with Gasteiger partial charge >= 0.3 is 0 Å². The Kier molecular flexibility index (Phi) is 3.87. The van der Waals surface area contributed by atoms with Crippen LogP contribution in [0.1, 0.15) is 5.56 Å². The van der Waals surface area contributed by atoms with Gasteiger partial charge in [0.05, 0.1) is 14.6 Å². The highest BCUT2D eigenvalue weighted by atomic mass is 28.3. The molecule has 1 nitrogen and oxygen atoms in total. The van der Waals surface area contributed by atoms with Gasteiger partial charge in [-0.05, 0) is 5.56 Å². The molecule has 0 N–H and O–H groups in total. The summed E-state index contributed by atoms with van der Waals surface area (Å²) < 4.78 is 0. The van der Waals surface area contributed by atoms with E-state index in [2.05, 4.69) is 54.8 Å². The van der Waals surface area contributed by atoms with Gasteiger partial charge in [-0.25, -0.2) is 0 Å². The molecule has 0 spiro atoms. The van der Waals surface area contributed by atoms with Crippen molar-refractivity contribution in [2.24, 2.45) is 4.99 Å². The maximum absolute atomic E-state index is 5.13. The van der Waals surface area contributed by atoms with E-state index in [1.807, 2.05) is 6.21 Å². The molecular formula is C13H17NSi. The van der Waals surface area contributed by atoms with Gasteiger partial charge in [0.15, 0.2) is 0 Å². The molecular weight excluding hydrogens is 198 g/mol. The third kappa shape index (κ3) is 3.73. The highest BCUT2D eigenvalue weighted by Gasteiger charge is 2.15. The van der Waals surface area contributed by atoms with Crippen LogP contribution in [0.5, 0.6) is 0 Å². The van der Waals surface area contributed by atoms with Crippen LogP contribution in [0, 0.1) is 12.3 Å². The van der Waals surface area contributed by atoms with Crippen LogP contribution >= 0.6 is 0 Å². The molecule has 15 heavy (non-hydrogen) atoms. The molecule has 0 saturated heterocycles. The maximum atomic E-state index is 5.13. The Balaban J connectivity index is 2.89. The number of nitrogens with zero attached hydrogens (tertiary/aromatic N) is 1. The monoisotopic (exact) mass is 215 g/mol. The van der Waals surface area contributed by atoms with Crippen molar-refractivity contribution in [1.29, 1.82) is 0 Å². The summed E-state index contributed by atoms with van der Waals surface area (Å²) in [5.41, 5.74) is 1.14. The van der Waals surface area contributed by atoms with Crippen LogP contribution in [0.3, 0.4) is 0 Å². The molecule has 0 unspecified atom stereocenters. The van der Waals surface area contributed by atoms with Crippen molar-refractivity contribution in [2.45, 2.75) is 19.6 Å². The van der Waals surface area contributed by atoms with Crippen LogP contribution in [0.2, 0.25) is 19.6 Å². The summed E-state index contributed by atoms with van der Waals surface area (Å²) in [4.78, 5) is 4.14. The van der Waals surface area contributed by atoms with Crippen LogP contribution in [0.25, 0.3) is 0 Å². The lowest BCUT2D eigenvalue weighted by Gasteiger charge is -2.16. The average Bonchev–Trinajstić information content (AvgIpc) is 2.17. The number of hydrogen-bond donors (Lipinski definition) is 0. The summed E-state index contributed by atoms with van der Waals surface area (Å²) in [7, 11) is -1.21. The quantitative estimate of drug-likeness (QED) is 0.417. The minimum atomic E-state index is -1.21. The van der Waals surface area contributed by atoms with Gasteiger partial charge in [-0.2, -0.15) is 0 Å². The Labute approximate surface area is 93.3 Å². The molecule has 0 atom stereocenters. The maximum Gasteiger partial charge on any atom is 0.0995 e. The average molecular weight is 215 g/mol. The minimum Gasteiger partial charge on any atom is -0.280 e. The molecule has 1 aromatic rings. The van der Waals surface area contributed by atoms with E-state index < -0.39 is 8.07 Å². The van der Waals surface area contributed by atoms with Crippen LogP contribution in [-0.2, 0) is 0 Å². The van der Waals surface area contributed by atoms with E-state index in [1.165, 1.54) is 5.19 Å². The van der Waals surface area contributed by atoms with Crippen molar-refractivity contribution in [3.63, 3.8) is 0 Å². The fourth-order valence-electron chi connectivity index (χ4n) is 1.29. The van der Waals surface area contributed by atoms with E-state index in [9.17, 15) is 0 Å². The second-order valence-electron chi connectivity index (χ2n) is 4.55. The Hall–Kier alpha value is -1.33. The smallest absolute Gasteiger partial charge is 0.0995 e. The Bertz CT molecular complexity index is 394. The molecule has 0 heterocycles. The standard InChI is InChI=1S/C13H17NSi/c1-5-9-14-11-12-7-6-8-13(10-12)15(2,3)4/h1,6-8,10-11H,9H2,2-4H3. The molecule has 0 aliphatic heterocycles. The van der Waals surface area contributed by atoms with Crippen LogP contribution in [-0.4, -0.2) is 20.8 Å². The first-order valence-electron chi connectivity index (χ1n) is 5.08. The Morgan fingerprint density at radius 2 is 2.13 bits per heavy atom. The summed E-state index contributed by atoms with van der Waals surface area (Å²) in [6, 6.07) is 8.56. The lowest BCUT2D eigenvalue weighted by molar-refractivity contribution is 1.30. The Morgan fingerprint density at radius 3 is 2.73 bits per heavy atom. The number of hydrogen-bond acceptors (Lipinski definition) is 1. The van der Waals surface area contributed by atoms with Crippen molar-refractivity contribution < 1.29 is 0 Å². The van der Waals surface area contributed by atoms with Gasteiger partial charge in [0.25, 0.3) is 0 Å². The van der Waals surface area contributed by atoms with E-state index in [4.69, 9.17) is 6.42 Å². The summed E-state index contributed by atoms with van der Waals surface area (Å²) in [6.45, 7) is 7.47. The van der Waals surface area contributed by atoms with Crippen molar-refractivity contribution in [1.82, 2.24) is 0 Å². The molecule has 0 radical (unpaired) electrons. The van der Waals surface area contributed by atoms with Gasteiger partial charge in [0.2, 0.25) is 0 Å². The normalized spacial score (nSPS) is 11.6. The van der Waals surface area contributed by atoms with Crippen molar-refractivity contribution in [3.05, 3.63) is 29.8 Å². The summed E-state index contributed by atoms with van der Waals surface area (Å²) in [5.74, 6) is 2.49. The first-order chi connectivity index (χ1) is 7.04. The molecule has 0 fully saturated rings. The zero-order chi connectivity index (χ0) is 11.3. The largest absolute Gasteiger partial charge is 0.280 e. The van der Waals surface area contributed by atoms with Crippen molar-refractivity contribution in [3.8, 4) is 12.3 Å². The predicted octanol–water partition coefficient (Wildman–Crippen LogP) is 2.28. The fraction of sp³-hybridized carbons (Fsp3) is 0.308. The molecule has 0 bridgehead atoms. The van der Waals surface area contributed by atoms with Gasteiger partial charge in [-0.1, -0.05) is 55.0 Å². The topological polar surface area (TPSA) is 12.4 Å². The number of terminal acetylenes is 1. The lowest BCUT2D eigenvalue weighted by Crippen LogP contribution is -2.37. The van der Waals surface area contributed by atoms with E-state index in [1.54, 1.807) is 0 Å². The fourth-order valence-corrected chi connectivity index (χ4v) is 2.49. The lowest BCUT2D eigenvalue weighted by atomic mass is 10.2. The number of benzene rings is 1. The molecule has 1 rings (SSSR count). The molecule has 1 aromatic carbocycles. The molecule has 0 aliphatic rings. The van der Waals surface area contributed by atoms with E-state index in [0.717, 1.165) is 5.56 Å². The zero-order valence-corrected chi connectivity index (χ0v) is 10.6. The first-order valence-corrected chi connectivity index (χ1v) is 8.58. The van der Waals surface area contributed by atoms with Crippen molar-refractivity contribution in [2.75, 3.05) is 6.54 Å². The van der Waals surface area contributed by atoms with Crippen LogP contribution < -0.4 is 5.19 Å². The van der Waals surface area contributed by atoms with E-state index in [0.29, 0.717) is 6.54 Å². The highest BCUT2D eigenvalue weighted by Crippen LogP contribution is 2.03. The molecule has 0 amide bonds.